The Hall–Kier alpha value is -3.93. The zero-order chi connectivity index (χ0) is 26.2. The lowest BCUT2D eigenvalue weighted by Crippen LogP contribution is -2.33. The third-order valence-electron chi connectivity index (χ3n) is 6.82. The summed E-state index contributed by atoms with van der Waals surface area (Å²) >= 11 is 8.63. The molecule has 0 radical (unpaired) electrons. The molecule has 0 fully saturated rings. The maximum absolute atomic E-state index is 6.89. The van der Waals surface area contributed by atoms with Gasteiger partial charge < -0.3 is 14.4 Å². The summed E-state index contributed by atoms with van der Waals surface area (Å²) in [5.41, 5.74) is 6.33. The first kappa shape index (κ1) is 24.4. The van der Waals surface area contributed by atoms with E-state index in [0.717, 1.165) is 55.5 Å². The van der Waals surface area contributed by atoms with Crippen LogP contribution in [0.1, 0.15) is 5.56 Å². The number of aromatic nitrogens is 1. The smallest absolute Gasteiger partial charge is 0.281 e. The fraction of sp³-hybridized carbons (Fsp3) is 0.0938. The summed E-state index contributed by atoms with van der Waals surface area (Å²) in [6, 6.07) is 33.0. The van der Waals surface area contributed by atoms with Crippen LogP contribution in [0.15, 0.2) is 107 Å². The van der Waals surface area contributed by atoms with Gasteiger partial charge in [-0.3, -0.25) is 0 Å². The second-order valence-electron chi connectivity index (χ2n) is 8.97. The van der Waals surface area contributed by atoms with Crippen LogP contribution in [-0.2, 0) is 0 Å². The van der Waals surface area contributed by atoms with E-state index in [1.807, 2.05) is 42.5 Å². The van der Waals surface area contributed by atoms with Gasteiger partial charge in [0.2, 0.25) is 11.2 Å². The molecule has 1 aromatic heterocycles. The minimum atomic E-state index is 0.662. The fourth-order valence-electron chi connectivity index (χ4n) is 4.98. The fourth-order valence-corrected chi connectivity index (χ4v) is 6.43. The molecule has 6 heteroatoms. The van der Waals surface area contributed by atoms with Crippen molar-refractivity contribution in [2.75, 3.05) is 26.2 Å². The van der Waals surface area contributed by atoms with Crippen molar-refractivity contribution in [3.8, 4) is 28.3 Å². The van der Waals surface area contributed by atoms with Crippen molar-refractivity contribution in [1.82, 2.24) is 0 Å². The van der Waals surface area contributed by atoms with Crippen LogP contribution in [0.4, 0.5) is 5.69 Å². The normalized spacial score (nSPS) is 13.7. The molecular formula is C32H26ClN2O2S+. The Morgan fingerprint density at radius 2 is 1.53 bits per heavy atom. The number of fused-ring (bicyclic) bond motifs is 2. The highest BCUT2D eigenvalue weighted by molar-refractivity contribution is 8.03. The Balaban J connectivity index is 1.43. The summed E-state index contributed by atoms with van der Waals surface area (Å²) in [4.78, 5) is 3.40. The molecule has 188 valence electrons. The maximum atomic E-state index is 6.89. The Labute approximate surface area is 231 Å². The van der Waals surface area contributed by atoms with Crippen molar-refractivity contribution >= 4 is 46.0 Å². The van der Waals surface area contributed by atoms with Crippen molar-refractivity contribution in [3.63, 3.8) is 0 Å². The number of benzene rings is 4. The highest BCUT2D eigenvalue weighted by Gasteiger charge is 2.26. The second-order valence-corrected chi connectivity index (χ2v) is 10.4. The molecule has 0 bridgehead atoms. The molecule has 0 saturated heterocycles. The topological polar surface area (TPSA) is 25.6 Å². The number of pyridine rings is 1. The van der Waals surface area contributed by atoms with Gasteiger partial charge in [0.15, 0.2) is 0 Å². The highest BCUT2D eigenvalue weighted by Crippen LogP contribution is 2.49. The quantitative estimate of drug-likeness (QED) is 0.167. The summed E-state index contributed by atoms with van der Waals surface area (Å²) in [7, 11) is 5.47. The van der Waals surface area contributed by atoms with E-state index in [9.17, 15) is 0 Å². The molecule has 4 nitrogen and oxygen atoms in total. The average Bonchev–Trinajstić information content (AvgIpc) is 3.27. The van der Waals surface area contributed by atoms with E-state index < -0.39 is 0 Å². The van der Waals surface area contributed by atoms with Crippen LogP contribution in [0.25, 0.3) is 33.8 Å². The summed E-state index contributed by atoms with van der Waals surface area (Å²) in [6.07, 6.45) is 2.22. The molecule has 1 aliphatic rings. The molecule has 0 unspecified atom stereocenters. The Morgan fingerprint density at radius 3 is 2.26 bits per heavy atom. The van der Waals surface area contributed by atoms with Gasteiger partial charge in [-0.1, -0.05) is 54.2 Å². The van der Waals surface area contributed by atoms with E-state index >= 15 is 0 Å². The SMILES string of the molecule is COc1cccc(OC)c1-c1ccc2c(c1)SC(=Cc1cc(Cl)[n+](-c3ccccc3)c3ccccc13)N2C. The first-order valence-electron chi connectivity index (χ1n) is 12.3. The summed E-state index contributed by atoms with van der Waals surface area (Å²) < 4.78 is 13.4. The summed E-state index contributed by atoms with van der Waals surface area (Å²) in [5.74, 6) is 1.57. The van der Waals surface area contributed by atoms with Gasteiger partial charge in [-0.05, 0) is 59.1 Å². The van der Waals surface area contributed by atoms with E-state index in [2.05, 4.69) is 77.2 Å². The van der Waals surface area contributed by atoms with Crippen LogP contribution in [0.2, 0.25) is 5.15 Å². The Bertz CT molecular complexity index is 1680. The minimum Gasteiger partial charge on any atom is -0.496 e. The third-order valence-corrected chi connectivity index (χ3v) is 8.25. The molecule has 38 heavy (non-hydrogen) atoms. The van der Waals surface area contributed by atoms with Crippen LogP contribution in [-0.4, -0.2) is 21.3 Å². The molecule has 0 N–H and O–H groups in total. The molecule has 0 atom stereocenters. The van der Waals surface area contributed by atoms with Crippen LogP contribution in [0, 0.1) is 0 Å². The van der Waals surface area contributed by atoms with Crippen molar-refractivity contribution < 1.29 is 14.0 Å². The van der Waals surface area contributed by atoms with Gasteiger partial charge in [-0.2, -0.15) is 0 Å². The van der Waals surface area contributed by atoms with Crippen LogP contribution >= 0.6 is 23.4 Å². The number of ether oxygens (including phenoxy) is 2. The van der Waals surface area contributed by atoms with Gasteiger partial charge in [0.05, 0.1) is 35.9 Å². The summed E-state index contributed by atoms with van der Waals surface area (Å²) in [5, 5.41) is 2.93. The van der Waals surface area contributed by atoms with Gasteiger partial charge >= 0.3 is 0 Å². The van der Waals surface area contributed by atoms with Crippen LogP contribution in [0.3, 0.4) is 0 Å². The number of anilines is 1. The molecule has 5 aromatic rings. The lowest BCUT2D eigenvalue weighted by atomic mass is 10.0. The molecule has 0 aliphatic carbocycles. The molecule has 4 aromatic carbocycles. The molecular weight excluding hydrogens is 512 g/mol. The molecule has 0 spiro atoms. The standard InChI is InChI=1S/C32H26ClN2O2S/c1-34-26-17-16-21(32-27(36-2)14-9-15-28(32)37-3)18-29(26)38-31(34)20-22-19-30(33)35(23-10-5-4-6-11-23)25-13-8-7-12-24(22)25/h4-20H,1-3H3/q+1. The second kappa shape index (κ2) is 10.1. The predicted octanol–water partition coefficient (Wildman–Crippen LogP) is 7.99. The average molecular weight is 538 g/mol. The van der Waals surface area contributed by atoms with E-state index in [4.69, 9.17) is 21.1 Å². The van der Waals surface area contributed by atoms with Crippen molar-refractivity contribution in [3.05, 3.63) is 113 Å². The largest absolute Gasteiger partial charge is 0.496 e. The third kappa shape index (κ3) is 4.18. The predicted molar refractivity (Wildman–Crippen MR) is 158 cm³/mol. The van der Waals surface area contributed by atoms with Gasteiger partial charge in [0.1, 0.15) is 11.5 Å². The van der Waals surface area contributed by atoms with Crippen LogP contribution in [0.5, 0.6) is 11.5 Å². The van der Waals surface area contributed by atoms with Crippen molar-refractivity contribution in [1.29, 1.82) is 0 Å². The monoisotopic (exact) mass is 537 g/mol. The van der Waals surface area contributed by atoms with E-state index in [0.29, 0.717) is 5.15 Å². The first-order chi connectivity index (χ1) is 18.6. The highest BCUT2D eigenvalue weighted by atomic mass is 35.5. The number of halogens is 1. The molecule has 0 amide bonds. The number of methoxy groups -OCH3 is 2. The molecule has 0 saturated carbocycles. The number of hydrogen-bond acceptors (Lipinski definition) is 4. The zero-order valence-corrected chi connectivity index (χ0v) is 22.9. The van der Waals surface area contributed by atoms with E-state index in [-0.39, 0.29) is 0 Å². The Morgan fingerprint density at radius 1 is 0.816 bits per heavy atom. The van der Waals surface area contributed by atoms with E-state index in [1.54, 1.807) is 26.0 Å². The molecule has 2 heterocycles. The van der Waals surface area contributed by atoms with Gasteiger partial charge in [0.25, 0.3) is 5.15 Å². The number of thioether (sulfide) groups is 1. The molecule has 1 aliphatic heterocycles. The molecule has 6 rings (SSSR count). The van der Waals surface area contributed by atoms with Gasteiger partial charge in [0, 0.05) is 36.2 Å². The van der Waals surface area contributed by atoms with Crippen molar-refractivity contribution in [2.24, 2.45) is 0 Å². The van der Waals surface area contributed by atoms with Crippen molar-refractivity contribution in [2.45, 2.75) is 4.90 Å². The van der Waals surface area contributed by atoms with E-state index in [1.165, 1.54) is 4.90 Å². The number of nitrogens with zero attached hydrogens (tertiary/aromatic N) is 2. The Kier molecular flexibility index (Phi) is 6.48. The minimum absolute atomic E-state index is 0.662. The first-order valence-corrected chi connectivity index (χ1v) is 13.5. The van der Waals surface area contributed by atoms with Crippen LogP contribution < -0.4 is 18.9 Å². The lowest BCUT2D eigenvalue weighted by Gasteiger charge is -2.16. The van der Waals surface area contributed by atoms with Gasteiger partial charge in [-0.25, -0.2) is 0 Å². The maximum Gasteiger partial charge on any atom is 0.281 e. The number of para-hydroxylation sites is 2. The summed E-state index contributed by atoms with van der Waals surface area (Å²) in [6.45, 7) is 0. The number of rotatable bonds is 5. The lowest BCUT2D eigenvalue weighted by molar-refractivity contribution is -0.564. The van der Waals surface area contributed by atoms with Gasteiger partial charge in [-0.15, -0.1) is 4.57 Å². The number of hydrogen-bond donors (Lipinski definition) is 0. The zero-order valence-electron chi connectivity index (χ0n) is 21.3.